The molecule has 0 bridgehead atoms. The summed E-state index contributed by atoms with van der Waals surface area (Å²) in [7, 11) is 0. The lowest BCUT2D eigenvalue weighted by atomic mass is 9.98. The van der Waals surface area contributed by atoms with Crippen molar-refractivity contribution in [2.75, 3.05) is 5.32 Å². The van der Waals surface area contributed by atoms with E-state index in [0.29, 0.717) is 11.1 Å². The Morgan fingerprint density at radius 1 is 0.906 bits per heavy atom. The lowest BCUT2D eigenvalue weighted by Crippen LogP contribution is -2.18. The number of hydrogen-bond donors (Lipinski definition) is 4. The van der Waals surface area contributed by atoms with Crippen LogP contribution in [0.4, 0.5) is 10.5 Å². The highest BCUT2D eigenvalue weighted by atomic mass is 16.6. The number of benzene rings is 3. The van der Waals surface area contributed by atoms with E-state index in [4.69, 9.17) is 9.84 Å². The van der Waals surface area contributed by atoms with Crippen LogP contribution in [0.2, 0.25) is 0 Å². The van der Waals surface area contributed by atoms with Crippen molar-refractivity contribution in [3.8, 4) is 17.2 Å². The van der Waals surface area contributed by atoms with Gasteiger partial charge in [0, 0.05) is 11.3 Å². The molecule has 0 atom stereocenters. The predicted molar refractivity (Wildman–Crippen MR) is 122 cm³/mol. The van der Waals surface area contributed by atoms with Gasteiger partial charge in [-0.2, -0.15) is 0 Å². The monoisotopic (exact) mass is 433 g/mol. The molecule has 0 saturated heterocycles. The third-order valence-corrected chi connectivity index (χ3v) is 4.66. The fourth-order valence-electron chi connectivity index (χ4n) is 3.18. The van der Waals surface area contributed by atoms with Gasteiger partial charge in [-0.1, -0.05) is 56.3 Å². The van der Waals surface area contributed by atoms with E-state index < -0.39 is 17.8 Å². The largest absolute Gasteiger partial charge is 0.507 e. The standard InChI is InChI=1S/C25H23NO6/c1-15(2)23-21(28)12-17(9-8-16-6-4-3-5-7-16)13-22(23)32-25(31)26-18-10-11-20(27)19(14-18)24(29)30/h3-15,27-28H,1-2H3,(H,26,31)(H,29,30)/b9-8+. The van der Waals surface area contributed by atoms with E-state index in [1.165, 1.54) is 12.1 Å². The zero-order valence-corrected chi connectivity index (χ0v) is 17.6. The maximum absolute atomic E-state index is 12.5. The van der Waals surface area contributed by atoms with Crippen LogP contribution in [-0.4, -0.2) is 27.4 Å². The van der Waals surface area contributed by atoms with Crippen LogP contribution < -0.4 is 10.1 Å². The molecule has 3 aromatic carbocycles. The molecule has 164 valence electrons. The van der Waals surface area contributed by atoms with E-state index >= 15 is 0 Å². The molecule has 0 fully saturated rings. The van der Waals surface area contributed by atoms with Gasteiger partial charge in [-0.05, 0) is 47.4 Å². The first-order chi connectivity index (χ1) is 15.2. The summed E-state index contributed by atoms with van der Waals surface area (Å²) in [6, 6.07) is 16.5. The van der Waals surface area contributed by atoms with Crippen LogP contribution in [-0.2, 0) is 0 Å². The van der Waals surface area contributed by atoms with Gasteiger partial charge in [0.25, 0.3) is 0 Å². The molecule has 4 N–H and O–H groups in total. The minimum atomic E-state index is -1.33. The molecule has 0 heterocycles. The Morgan fingerprint density at radius 3 is 2.25 bits per heavy atom. The van der Waals surface area contributed by atoms with E-state index in [0.717, 1.165) is 11.6 Å². The Hall–Kier alpha value is -4.26. The van der Waals surface area contributed by atoms with E-state index in [9.17, 15) is 19.8 Å². The highest BCUT2D eigenvalue weighted by Gasteiger charge is 2.18. The summed E-state index contributed by atoms with van der Waals surface area (Å²) in [4.78, 5) is 23.7. The number of carboxylic acids is 1. The highest BCUT2D eigenvalue weighted by Crippen LogP contribution is 2.36. The van der Waals surface area contributed by atoms with Crippen molar-refractivity contribution < 1.29 is 29.6 Å². The molecular weight excluding hydrogens is 410 g/mol. The van der Waals surface area contributed by atoms with Crippen molar-refractivity contribution in [1.29, 1.82) is 0 Å². The SMILES string of the molecule is CC(C)c1c(O)cc(/C=C/c2ccccc2)cc1OC(=O)Nc1ccc(O)c(C(=O)O)c1. The second kappa shape index (κ2) is 9.70. The van der Waals surface area contributed by atoms with E-state index in [1.54, 1.807) is 18.2 Å². The van der Waals surface area contributed by atoms with Crippen molar-refractivity contribution in [3.05, 3.63) is 82.9 Å². The van der Waals surface area contributed by atoms with Gasteiger partial charge in [-0.15, -0.1) is 0 Å². The maximum Gasteiger partial charge on any atom is 0.417 e. The molecule has 0 unspecified atom stereocenters. The summed E-state index contributed by atoms with van der Waals surface area (Å²) in [6.07, 6.45) is 2.80. The summed E-state index contributed by atoms with van der Waals surface area (Å²) in [6.45, 7) is 3.72. The lowest BCUT2D eigenvalue weighted by molar-refractivity contribution is 0.0693. The molecule has 7 heteroatoms. The Morgan fingerprint density at radius 2 is 1.59 bits per heavy atom. The number of carbonyl (C=O) groups excluding carboxylic acids is 1. The lowest BCUT2D eigenvalue weighted by Gasteiger charge is -2.16. The number of carbonyl (C=O) groups is 2. The minimum Gasteiger partial charge on any atom is -0.507 e. The maximum atomic E-state index is 12.5. The molecule has 0 spiro atoms. The molecular formula is C25H23NO6. The van der Waals surface area contributed by atoms with Crippen molar-refractivity contribution in [1.82, 2.24) is 0 Å². The van der Waals surface area contributed by atoms with Gasteiger partial charge in [-0.3, -0.25) is 5.32 Å². The van der Waals surface area contributed by atoms with E-state index in [-0.39, 0.29) is 28.7 Å². The molecule has 7 nitrogen and oxygen atoms in total. The van der Waals surface area contributed by atoms with Crippen molar-refractivity contribution in [2.24, 2.45) is 0 Å². The number of rotatable bonds is 6. The number of aromatic carboxylic acids is 1. The summed E-state index contributed by atoms with van der Waals surface area (Å²) in [5.74, 6) is -1.69. The van der Waals surface area contributed by atoms with Crippen molar-refractivity contribution in [3.63, 3.8) is 0 Å². The van der Waals surface area contributed by atoms with Crippen LogP contribution in [0, 0.1) is 0 Å². The number of hydrogen-bond acceptors (Lipinski definition) is 5. The average Bonchev–Trinajstić information content (AvgIpc) is 2.73. The minimum absolute atomic E-state index is 0.00388. The Balaban J connectivity index is 1.86. The summed E-state index contributed by atoms with van der Waals surface area (Å²) in [5.41, 5.74) is 1.86. The van der Waals surface area contributed by atoms with Crippen LogP contribution >= 0.6 is 0 Å². The van der Waals surface area contributed by atoms with Crippen LogP contribution in [0.5, 0.6) is 17.2 Å². The second-order valence-electron chi connectivity index (χ2n) is 7.40. The predicted octanol–water partition coefficient (Wildman–Crippen LogP) is 5.70. The summed E-state index contributed by atoms with van der Waals surface area (Å²) < 4.78 is 5.46. The summed E-state index contributed by atoms with van der Waals surface area (Å²) in [5, 5.41) is 31.7. The van der Waals surface area contributed by atoms with E-state index in [2.05, 4.69) is 5.32 Å². The van der Waals surface area contributed by atoms with Crippen molar-refractivity contribution in [2.45, 2.75) is 19.8 Å². The first-order valence-corrected chi connectivity index (χ1v) is 9.89. The van der Waals surface area contributed by atoms with Crippen LogP contribution in [0.25, 0.3) is 12.2 Å². The van der Waals surface area contributed by atoms with Gasteiger partial charge in [0.05, 0.1) is 0 Å². The van der Waals surface area contributed by atoms with Gasteiger partial charge in [0.2, 0.25) is 0 Å². The first kappa shape index (κ1) is 22.4. The normalized spacial score (nSPS) is 11.0. The number of carboxylic acid groups (broad SMARTS) is 1. The van der Waals surface area contributed by atoms with Crippen LogP contribution in [0.1, 0.15) is 46.8 Å². The van der Waals surface area contributed by atoms with Gasteiger partial charge in [-0.25, -0.2) is 9.59 Å². The smallest absolute Gasteiger partial charge is 0.417 e. The third-order valence-electron chi connectivity index (χ3n) is 4.66. The number of phenolic OH excluding ortho intramolecular Hbond substituents is 1. The Kier molecular flexibility index (Phi) is 6.80. The first-order valence-electron chi connectivity index (χ1n) is 9.89. The molecule has 0 aromatic heterocycles. The molecule has 0 aliphatic heterocycles. The van der Waals surface area contributed by atoms with Crippen LogP contribution in [0.15, 0.2) is 60.7 Å². The average molecular weight is 433 g/mol. The van der Waals surface area contributed by atoms with Gasteiger partial charge >= 0.3 is 12.1 Å². The Labute approximate surface area is 185 Å². The zero-order chi connectivity index (χ0) is 23.3. The fraction of sp³-hybridized carbons (Fsp3) is 0.120. The number of nitrogens with one attached hydrogen (secondary N) is 1. The molecule has 0 saturated carbocycles. The third kappa shape index (κ3) is 5.46. The second-order valence-corrected chi connectivity index (χ2v) is 7.40. The fourth-order valence-corrected chi connectivity index (χ4v) is 3.18. The van der Waals surface area contributed by atoms with Crippen LogP contribution in [0.3, 0.4) is 0 Å². The molecule has 0 aliphatic rings. The molecule has 3 rings (SSSR count). The zero-order valence-electron chi connectivity index (χ0n) is 17.6. The van der Waals surface area contributed by atoms with Gasteiger partial charge < -0.3 is 20.1 Å². The van der Waals surface area contributed by atoms with Gasteiger partial charge in [0.1, 0.15) is 22.8 Å². The molecule has 1 amide bonds. The molecule has 3 aromatic rings. The van der Waals surface area contributed by atoms with E-state index in [1.807, 2.05) is 50.3 Å². The summed E-state index contributed by atoms with van der Waals surface area (Å²) >= 11 is 0. The number of phenols is 2. The number of amides is 1. The Bertz CT molecular complexity index is 1170. The molecule has 0 radical (unpaired) electrons. The number of ether oxygens (including phenoxy) is 1. The topological polar surface area (TPSA) is 116 Å². The number of anilines is 1. The van der Waals surface area contributed by atoms with Gasteiger partial charge in [0.15, 0.2) is 0 Å². The number of aromatic hydroxyl groups is 2. The highest BCUT2D eigenvalue weighted by molar-refractivity contribution is 5.94. The van der Waals surface area contributed by atoms with Crippen molar-refractivity contribution >= 4 is 29.9 Å². The molecule has 32 heavy (non-hydrogen) atoms. The quantitative estimate of drug-likeness (QED) is 0.293. The molecule has 0 aliphatic carbocycles.